The van der Waals surface area contributed by atoms with Crippen LogP contribution in [0.5, 0.6) is 0 Å². The number of rotatable bonds is 11. The number of H-pyrrole nitrogens is 1. The van der Waals surface area contributed by atoms with Crippen molar-refractivity contribution in [2.24, 2.45) is 5.92 Å². The number of carbonyl (C=O) groups is 2. The molecule has 1 aliphatic heterocycles. The molecule has 44 heavy (non-hydrogen) atoms. The average Bonchev–Trinajstić information content (AvgIpc) is 3.40. The third-order valence-electron chi connectivity index (χ3n) is 7.69. The van der Waals surface area contributed by atoms with Crippen LogP contribution >= 0.6 is 12.4 Å². The van der Waals surface area contributed by atoms with Crippen LogP contribution in [0.4, 0.5) is 18.9 Å². The molecule has 9 nitrogen and oxygen atoms in total. The summed E-state index contributed by atoms with van der Waals surface area (Å²) in [6.45, 7) is 3.25. The first-order chi connectivity index (χ1) is 20.4. The number of aryl methyl sites for hydroxylation is 2. The summed E-state index contributed by atoms with van der Waals surface area (Å²) in [6, 6.07) is 12.3. The van der Waals surface area contributed by atoms with Crippen molar-refractivity contribution in [1.29, 1.82) is 0 Å². The number of likely N-dealkylation sites (tertiary alicyclic amines) is 1. The molecule has 1 saturated heterocycles. The van der Waals surface area contributed by atoms with Crippen molar-refractivity contribution in [3.63, 3.8) is 0 Å². The van der Waals surface area contributed by atoms with Crippen molar-refractivity contribution in [2.75, 3.05) is 18.4 Å². The number of anilines is 1. The zero-order valence-electron chi connectivity index (χ0n) is 24.5. The number of amides is 2. The van der Waals surface area contributed by atoms with Crippen LogP contribution in [0, 0.1) is 12.8 Å². The third kappa shape index (κ3) is 8.60. The van der Waals surface area contributed by atoms with Gasteiger partial charge < -0.3 is 15.2 Å². The van der Waals surface area contributed by atoms with E-state index in [9.17, 15) is 31.2 Å². The summed E-state index contributed by atoms with van der Waals surface area (Å²) in [5.41, 5.74) is 2.88. The van der Waals surface area contributed by atoms with E-state index >= 15 is 0 Å². The molecule has 2 heterocycles. The van der Waals surface area contributed by atoms with E-state index in [0.29, 0.717) is 24.0 Å². The number of hydrogen-bond donors (Lipinski definition) is 3. The van der Waals surface area contributed by atoms with E-state index in [1.807, 2.05) is 13.0 Å². The predicted molar refractivity (Wildman–Crippen MR) is 164 cm³/mol. The lowest BCUT2D eigenvalue weighted by atomic mass is 9.95. The number of benzene rings is 2. The first kappa shape index (κ1) is 35.1. The Morgan fingerprint density at radius 2 is 1.77 bits per heavy atom. The van der Waals surface area contributed by atoms with E-state index in [1.54, 1.807) is 49.6 Å². The van der Waals surface area contributed by atoms with Crippen LogP contribution in [0.25, 0.3) is 11.1 Å². The Bertz CT molecular complexity index is 1520. The van der Waals surface area contributed by atoms with Crippen molar-refractivity contribution in [1.82, 2.24) is 19.6 Å². The van der Waals surface area contributed by atoms with Crippen molar-refractivity contribution in [2.45, 2.75) is 69.5 Å². The fourth-order valence-electron chi connectivity index (χ4n) is 5.21. The Morgan fingerprint density at radius 3 is 2.36 bits per heavy atom. The van der Waals surface area contributed by atoms with Gasteiger partial charge in [0.25, 0.3) is 0 Å². The maximum absolute atomic E-state index is 13.9. The topological polar surface area (TPSA) is 124 Å². The zero-order valence-corrected chi connectivity index (χ0v) is 26.1. The number of imidazole rings is 1. The summed E-state index contributed by atoms with van der Waals surface area (Å²) < 4.78 is 70.1. The van der Waals surface area contributed by atoms with Gasteiger partial charge in [-0.25, -0.2) is 13.4 Å². The molecule has 0 unspecified atom stereocenters. The highest BCUT2D eigenvalue weighted by molar-refractivity contribution is 7.89. The van der Waals surface area contributed by atoms with Gasteiger partial charge >= 0.3 is 6.18 Å². The summed E-state index contributed by atoms with van der Waals surface area (Å²) in [6.07, 6.45) is -2.21. The van der Waals surface area contributed by atoms with Crippen LogP contribution < -0.4 is 10.0 Å². The van der Waals surface area contributed by atoms with E-state index in [2.05, 4.69) is 20.0 Å². The fourth-order valence-corrected chi connectivity index (χ4v) is 6.62. The Morgan fingerprint density at radius 1 is 1.09 bits per heavy atom. The smallest absolute Gasteiger partial charge is 0.348 e. The molecular formula is C30H37ClF3N5O4S. The molecule has 0 radical (unpaired) electrons. The number of nitrogens with zero attached hydrogens (tertiary/aromatic N) is 2. The monoisotopic (exact) mass is 655 g/mol. The maximum Gasteiger partial charge on any atom is 0.391 e. The maximum atomic E-state index is 13.9. The molecule has 0 bridgehead atoms. The van der Waals surface area contributed by atoms with Gasteiger partial charge in [0.05, 0.1) is 23.6 Å². The minimum Gasteiger partial charge on any atom is -0.348 e. The quantitative estimate of drug-likeness (QED) is 0.247. The molecular weight excluding hydrogens is 619 g/mol. The van der Waals surface area contributed by atoms with Gasteiger partial charge in [-0.15, -0.1) is 12.4 Å². The van der Waals surface area contributed by atoms with Gasteiger partial charge in [0.1, 0.15) is 10.9 Å². The summed E-state index contributed by atoms with van der Waals surface area (Å²) in [4.78, 5) is 34.4. The molecule has 240 valence electrons. The Labute approximate surface area is 261 Å². The Balaban J connectivity index is 0.00000529. The second-order valence-corrected chi connectivity index (χ2v) is 12.3. The number of para-hydroxylation sites is 1. The molecule has 4 rings (SSSR count). The summed E-state index contributed by atoms with van der Waals surface area (Å²) in [5.74, 6) is -2.48. The molecule has 0 spiro atoms. The number of halogens is 4. The second kappa shape index (κ2) is 15.0. The lowest BCUT2D eigenvalue weighted by Crippen LogP contribution is -2.51. The van der Waals surface area contributed by atoms with Crippen molar-refractivity contribution in [3.8, 4) is 11.1 Å². The van der Waals surface area contributed by atoms with Gasteiger partial charge in [-0.05, 0) is 50.7 Å². The van der Waals surface area contributed by atoms with Gasteiger partial charge in [0, 0.05) is 30.8 Å². The van der Waals surface area contributed by atoms with Crippen LogP contribution in [-0.2, 0) is 26.0 Å². The van der Waals surface area contributed by atoms with Crippen LogP contribution in [0.2, 0.25) is 0 Å². The molecule has 1 atom stereocenters. The van der Waals surface area contributed by atoms with Gasteiger partial charge in [0.2, 0.25) is 21.8 Å². The number of hydrogen-bond acceptors (Lipinski definition) is 5. The molecule has 14 heteroatoms. The van der Waals surface area contributed by atoms with E-state index in [1.165, 1.54) is 11.0 Å². The van der Waals surface area contributed by atoms with Crippen LogP contribution in [0.15, 0.2) is 59.8 Å². The number of carbonyl (C=O) groups excluding carboxylic acids is 2. The van der Waals surface area contributed by atoms with E-state index in [-0.39, 0.29) is 61.8 Å². The first-order valence-corrected chi connectivity index (χ1v) is 15.7. The zero-order chi connectivity index (χ0) is 31.2. The number of aromatic amines is 1. The lowest BCUT2D eigenvalue weighted by molar-refractivity contribution is -0.186. The number of sulfonamides is 1. The normalized spacial score (nSPS) is 15.0. The molecule has 3 aromatic rings. The lowest BCUT2D eigenvalue weighted by Gasteiger charge is -2.35. The van der Waals surface area contributed by atoms with Crippen LogP contribution in [0.3, 0.4) is 0 Å². The minimum atomic E-state index is -4.40. The van der Waals surface area contributed by atoms with Crippen LogP contribution in [-0.4, -0.2) is 60.4 Å². The molecule has 0 saturated carbocycles. The molecule has 1 fully saturated rings. The van der Waals surface area contributed by atoms with E-state index < -0.39 is 40.0 Å². The van der Waals surface area contributed by atoms with Crippen molar-refractivity contribution >= 4 is 39.9 Å². The molecule has 2 aromatic carbocycles. The summed E-state index contributed by atoms with van der Waals surface area (Å²) in [7, 11) is -4.40. The largest absolute Gasteiger partial charge is 0.391 e. The van der Waals surface area contributed by atoms with Crippen LogP contribution in [0.1, 0.15) is 50.4 Å². The SMILES string of the molecule is CCC(=O)Nc1c(-c2ccccc2)cccc1S(=O)(=O)N[C@@H](CCCc1nc[nH]c1C)C(=O)N1CCC(C(F)(F)F)CC1.Cl. The number of piperidine rings is 1. The predicted octanol–water partition coefficient (Wildman–Crippen LogP) is 5.63. The highest BCUT2D eigenvalue weighted by atomic mass is 35.5. The molecule has 0 aliphatic carbocycles. The van der Waals surface area contributed by atoms with E-state index in [4.69, 9.17) is 0 Å². The highest BCUT2D eigenvalue weighted by Crippen LogP contribution is 2.36. The Hall–Kier alpha value is -3.42. The number of nitrogens with one attached hydrogen (secondary N) is 3. The summed E-state index contributed by atoms with van der Waals surface area (Å²) >= 11 is 0. The van der Waals surface area contributed by atoms with Gasteiger partial charge in [0.15, 0.2) is 0 Å². The second-order valence-electron chi connectivity index (χ2n) is 10.6. The Kier molecular flexibility index (Phi) is 12.0. The standard InChI is InChI=1S/C30H36F3N5O4S.ClH/c1-3-27(39)36-28-23(21-9-5-4-6-10-21)11-7-14-26(28)43(41,42)37-25(13-8-12-24-20(2)34-19-35-24)29(40)38-17-15-22(16-18-38)30(31,32)33;/h4-7,9-11,14,19,22,25,37H,3,8,12-13,15-18H2,1-2H3,(H,34,35)(H,36,39);1H/t25-;/m0./s1. The fraction of sp³-hybridized carbons (Fsp3) is 0.433. The highest BCUT2D eigenvalue weighted by Gasteiger charge is 2.42. The van der Waals surface area contributed by atoms with Gasteiger partial charge in [-0.2, -0.15) is 17.9 Å². The molecule has 3 N–H and O–H groups in total. The molecule has 2 amide bonds. The van der Waals surface area contributed by atoms with Crippen molar-refractivity contribution in [3.05, 3.63) is 66.2 Å². The third-order valence-corrected chi connectivity index (χ3v) is 9.21. The molecule has 1 aliphatic rings. The van der Waals surface area contributed by atoms with E-state index in [0.717, 1.165) is 11.4 Å². The minimum absolute atomic E-state index is 0. The number of aromatic nitrogens is 2. The summed E-state index contributed by atoms with van der Waals surface area (Å²) in [5, 5.41) is 2.71. The van der Waals surface area contributed by atoms with Gasteiger partial charge in [-0.1, -0.05) is 49.4 Å². The van der Waals surface area contributed by atoms with Crippen molar-refractivity contribution < 1.29 is 31.2 Å². The average molecular weight is 656 g/mol. The van der Waals surface area contributed by atoms with Gasteiger partial charge in [-0.3, -0.25) is 9.59 Å². The first-order valence-electron chi connectivity index (χ1n) is 14.3. The molecule has 1 aromatic heterocycles. The number of alkyl halides is 3.